The zero-order valence-electron chi connectivity index (χ0n) is 22.0. The molecule has 1 N–H and O–H groups in total. The molecule has 8 nitrogen and oxygen atoms in total. The molecule has 0 spiro atoms. The van der Waals surface area contributed by atoms with E-state index in [4.69, 9.17) is 30.5 Å². The first kappa shape index (κ1) is 27.6. The molecular formula is C29H34ClN3O5. The molecule has 1 aliphatic rings. The number of benzene rings is 3. The Hall–Kier alpha value is -3.46. The van der Waals surface area contributed by atoms with E-state index < -0.39 is 0 Å². The molecule has 3 aromatic rings. The van der Waals surface area contributed by atoms with Gasteiger partial charge in [-0.2, -0.15) is 0 Å². The van der Waals surface area contributed by atoms with Crippen LogP contribution in [-0.4, -0.2) is 69.9 Å². The fourth-order valence-electron chi connectivity index (χ4n) is 4.35. The lowest BCUT2D eigenvalue weighted by Crippen LogP contribution is -2.50. The number of rotatable bonds is 10. The number of halogens is 1. The van der Waals surface area contributed by atoms with Crippen LogP contribution in [0, 0.1) is 0 Å². The lowest BCUT2D eigenvalue weighted by atomic mass is 10.1. The average molecular weight is 540 g/mol. The smallest absolute Gasteiger partial charge is 0.322 e. The third-order valence-corrected chi connectivity index (χ3v) is 6.81. The van der Waals surface area contributed by atoms with Gasteiger partial charge >= 0.3 is 6.03 Å². The molecule has 9 heteroatoms. The van der Waals surface area contributed by atoms with Crippen LogP contribution in [0.15, 0.2) is 66.7 Å². The van der Waals surface area contributed by atoms with Crippen LogP contribution >= 0.6 is 11.6 Å². The Morgan fingerprint density at radius 2 is 1.61 bits per heavy atom. The van der Waals surface area contributed by atoms with E-state index in [2.05, 4.69) is 10.2 Å². The number of nitrogens with zero attached hydrogens (tertiary/aromatic N) is 2. The molecule has 1 aliphatic heterocycles. The second-order valence-electron chi connectivity index (χ2n) is 8.99. The third kappa shape index (κ3) is 7.31. The standard InChI is InChI=1S/C29H34ClN3O5/c1-35-24-6-4-5-21(17-24)20-38-28(22-7-9-23(30)10-8-22)19-32-13-15-33(16-14-32)29(34)31-26-12-11-25(36-2)18-27(26)37-3/h4-12,17-18,28H,13-16,19-20H2,1-3H3,(H,31,34). The Kier molecular flexibility index (Phi) is 9.70. The number of nitrogens with one attached hydrogen (secondary N) is 1. The monoisotopic (exact) mass is 539 g/mol. The van der Waals surface area contributed by atoms with E-state index in [0.29, 0.717) is 48.5 Å². The van der Waals surface area contributed by atoms with E-state index in [-0.39, 0.29) is 12.1 Å². The van der Waals surface area contributed by atoms with Crippen LogP contribution in [0.2, 0.25) is 5.02 Å². The molecular weight excluding hydrogens is 506 g/mol. The first-order chi connectivity index (χ1) is 18.5. The van der Waals surface area contributed by atoms with Crippen LogP contribution in [0.4, 0.5) is 10.5 Å². The van der Waals surface area contributed by atoms with Crippen LogP contribution in [-0.2, 0) is 11.3 Å². The molecule has 38 heavy (non-hydrogen) atoms. The second-order valence-corrected chi connectivity index (χ2v) is 9.42. The summed E-state index contributed by atoms with van der Waals surface area (Å²) in [7, 11) is 4.81. The Morgan fingerprint density at radius 3 is 2.29 bits per heavy atom. The van der Waals surface area contributed by atoms with Crippen LogP contribution in [0.5, 0.6) is 17.2 Å². The molecule has 202 valence electrons. The number of urea groups is 1. The van der Waals surface area contributed by atoms with Crippen molar-refractivity contribution in [2.75, 3.05) is 59.4 Å². The third-order valence-electron chi connectivity index (χ3n) is 6.56. The lowest BCUT2D eigenvalue weighted by molar-refractivity contribution is 0.00588. The van der Waals surface area contributed by atoms with Gasteiger partial charge in [0.05, 0.1) is 39.7 Å². The summed E-state index contributed by atoms with van der Waals surface area (Å²) >= 11 is 6.13. The zero-order valence-corrected chi connectivity index (χ0v) is 22.7. The van der Waals surface area contributed by atoms with Crippen molar-refractivity contribution in [3.8, 4) is 17.2 Å². The summed E-state index contributed by atoms with van der Waals surface area (Å²) in [4.78, 5) is 17.1. The molecule has 1 atom stereocenters. The van der Waals surface area contributed by atoms with E-state index in [1.165, 1.54) is 0 Å². The highest BCUT2D eigenvalue weighted by atomic mass is 35.5. The molecule has 1 heterocycles. The van der Waals surface area contributed by atoms with Crippen LogP contribution in [0.25, 0.3) is 0 Å². The second kappa shape index (κ2) is 13.4. The summed E-state index contributed by atoms with van der Waals surface area (Å²) in [6.07, 6.45) is -0.151. The highest BCUT2D eigenvalue weighted by molar-refractivity contribution is 6.30. The number of carbonyl (C=O) groups is 1. The highest BCUT2D eigenvalue weighted by Crippen LogP contribution is 2.29. The zero-order chi connectivity index (χ0) is 26.9. The van der Waals surface area contributed by atoms with E-state index in [9.17, 15) is 4.79 Å². The van der Waals surface area contributed by atoms with Crippen molar-refractivity contribution in [2.24, 2.45) is 0 Å². The van der Waals surface area contributed by atoms with Gasteiger partial charge in [-0.15, -0.1) is 0 Å². The van der Waals surface area contributed by atoms with Crippen molar-refractivity contribution in [2.45, 2.75) is 12.7 Å². The minimum atomic E-state index is -0.156. The molecule has 3 aromatic carbocycles. The van der Waals surface area contributed by atoms with E-state index in [1.54, 1.807) is 39.5 Å². The van der Waals surface area contributed by atoms with Gasteiger partial charge in [0.15, 0.2) is 0 Å². The first-order valence-electron chi connectivity index (χ1n) is 12.5. The van der Waals surface area contributed by atoms with Crippen molar-refractivity contribution in [3.05, 3.63) is 82.9 Å². The van der Waals surface area contributed by atoms with Crippen molar-refractivity contribution >= 4 is 23.3 Å². The van der Waals surface area contributed by atoms with Gasteiger partial charge in [0, 0.05) is 43.8 Å². The molecule has 0 saturated carbocycles. The number of piperazine rings is 1. The van der Waals surface area contributed by atoms with Crippen molar-refractivity contribution in [1.29, 1.82) is 0 Å². The van der Waals surface area contributed by atoms with Crippen molar-refractivity contribution in [1.82, 2.24) is 9.80 Å². The van der Waals surface area contributed by atoms with Crippen LogP contribution in [0.1, 0.15) is 17.2 Å². The molecule has 1 fully saturated rings. The van der Waals surface area contributed by atoms with Crippen molar-refractivity contribution in [3.63, 3.8) is 0 Å². The van der Waals surface area contributed by atoms with Crippen LogP contribution in [0.3, 0.4) is 0 Å². The minimum absolute atomic E-state index is 0.151. The fraction of sp³-hybridized carbons (Fsp3) is 0.345. The normalized spacial score (nSPS) is 14.6. The van der Waals surface area contributed by atoms with Gasteiger partial charge in [0.1, 0.15) is 17.2 Å². The minimum Gasteiger partial charge on any atom is -0.497 e. The van der Waals surface area contributed by atoms with Gasteiger partial charge in [-0.05, 0) is 47.5 Å². The quantitative estimate of drug-likeness (QED) is 0.368. The molecule has 1 saturated heterocycles. The number of methoxy groups -OCH3 is 3. The van der Waals surface area contributed by atoms with Gasteiger partial charge in [0.2, 0.25) is 0 Å². The maximum Gasteiger partial charge on any atom is 0.322 e. The summed E-state index contributed by atoms with van der Waals surface area (Å²) < 4.78 is 22.4. The van der Waals surface area contributed by atoms with Gasteiger partial charge in [0.25, 0.3) is 0 Å². The summed E-state index contributed by atoms with van der Waals surface area (Å²) in [5, 5.41) is 3.65. The number of ether oxygens (including phenoxy) is 4. The Labute approximate surface area is 229 Å². The molecule has 0 bridgehead atoms. The van der Waals surface area contributed by atoms with Crippen molar-refractivity contribution < 1.29 is 23.7 Å². The first-order valence-corrected chi connectivity index (χ1v) is 12.9. The van der Waals surface area contributed by atoms with Gasteiger partial charge in [-0.3, -0.25) is 4.90 Å². The Bertz CT molecular complexity index is 1200. The SMILES string of the molecule is COc1cccc(COC(CN2CCN(C(=O)Nc3ccc(OC)cc3OC)CC2)c2ccc(Cl)cc2)c1. The molecule has 2 amide bonds. The largest absolute Gasteiger partial charge is 0.497 e. The summed E-state index contributed by atoms with van der Waals surface area (Å²) in [5.74, 6) is 2.02. The number of carbonyl (C=O) groups excluding carboxylic acids is 1. The Balaban J connectivity index is 1.35. The molecule has 1 unspecified atom stereocenters. The number of amides is 2. The molecule has 0 aliphatic carbocycles. The summed E-state index contributed by atoms with van der Waals surface area (Å²) in [5.41, 5.74) is 2.71. The fourth-order valence-corrected chi connectivity index (χ4v) is 4.48. The van der Waals surface area contributed by atoms with Gasteiger partial charge in [-0.1, -0.05) is 35.9 Å². The average Bonchev–Trinajstić information content (AvgIpc) is 2.96. The summed E-state index contributed by atoms with van der Waals surface area (Å²) in [6.45, 7) is 3.84. The predicted molar refractivity (Wildman–Crippen MR) is 149 cm³/mol. The lowest BCUT2D eigenvalue weighted by Gasteiger charge is -2.36. The van der Waals surface area contributed by atoms with E-state index in [0.717, 1.165) is 30.0 Å². The maximum absolute atomic E-state index is 12.9. The highest BCUT2D eigenvalue weighted by Gasteiger charge is 2.25. The van der Waals surface area contributed by atoms with Gasteiger partial charge in [-0.25, -0.2) is 4.79 Å². The topological polar surface area (TPSA) is 72.5 Å². The maximum atomic E-state index is 12.9. The Morgan fingerprint density at radius 1 is 0.895 bits per heavy atom. The van der Waals surface area contributed by atoms with E-state index in [1.807, 2.05) is 53.4 Å². The molecule has 0 aromatic heterocycles. The number of hydrogen-bond donors (Lipinski definition) is 1. The molecule has 0 radical (unpaired) electrons. The van der Waals surface area contributed by atoms with Crippen LogP contribution < -0.4 is 19.5 Å². The summed E-state index contributed by atoms with van der Waals surface area (Å²) in [6, 6.07) is 20.8. The predicted octanol–water partition coefficient (Wildman–Crippen LogP) is 5.47. The number of anilines is 1. The number of hydrogen-bond acceptors (Lipinski definition) is 6. The van der Waals surface area contributed by atoms with Gasteiger partial charge < -0.3 is 29.2 Å². The van der Waals surface area contributed by atoms with E-state index >= 15 is 0 Å². The molecule has 4 rings (SSSR count).